The molecule has 0 bridgehead atoms. The lowest BCUT2D eigenvalue weighted by molar-refractivity contribution is 0.102. The Balaban J connectivity index is 0.00000261. The highest BCUT2D eigenvalue weighted by molar-refractivity contribution is 6.04. The maximum atomic E-state index is 12.4. The van der Waals surface area contributed by atoms with E-state index in [0.717, 1.165) is 5.56 Å². The van der Waals surface area contributed by atoms with Crippen LogP contribution in [0.25, 0.3) is 11.4 Å². The molecule has 0 saturated carbocycles. The number of carbonyl (C=O) groups excluding carboxylic acids is 1. The molecule has 1 amide bonds. The largest absolute Gasteiger partial charge is 0.324 e. The molecule has 2 aromatic carbocycles. The lowest BCUT2D eigenvalue weighted by atomic mass is 9.87. The van der Waals surface area contributed by atoms with E-state index in [0.29, 0.717) is 29.4 Å². The summed E-state index contributed by atoms with van der Waals surface area (Å²) >= 11 is 0. The molecule has 0 unspecified atom stereocenters. The standard InChI is InChI=1S/C20H23N5O.ClH/c1-20(2,3)15-8-4-14(5-9-15)19(26)22-16-10-6-13(7-11-16)18-23-17(12-21)24-25-18;/h4-11H,12,21H2,1-3H3,(H,22,26)(H,23,24,25);1H. The zero-order chi connectivity index (χ0) is 18.7. The summed E-state index contributed by atoms with van der Waals surface area (Å²) in [5.41, 5.74) is 8.99. The summed E-state index contributed by atoms with van der Waals surface area (Å²) in [4.78, 5) is 16.7. The van der Waals surface area contributed by atoms with E-state index in [1.165, 1.54) is 5.56 Å². The Bertz CT molecular complexity index is 895. The molecular formula is C20H24ClN5O. The summed E-state index contributed by atoms with van der Waals surface area (Å²) in [6.07, 6.45) is 0. The number of nitrogens with zero attached hydrogens (tertiary/aromatic N) is 2. The molecule has 3 aromatic rings. The number of benzene rings is 2. The van der Waals surface area contributed by atoms with Crippen molar-refractivity contribution in [2.24, 2.45) is 5.73 Å². The second-order valence-electron chi connectivity index (χ2n) is 7.17. The minimum Gasteiger partial charge on any atom is -0.324 e. The van der Waals surface area contributed by atoms with Crippen molar-refractivity contribution in [3.63, 3.8) is 0 Å². The quantitative estimate of drug-likeness (QED) is 0.634. The van der Waals surface area contributed by atoms with Crippen LogP contribution in [0.4, 0.5) is 5.69 Å². The first kappa shape index (κ1) is 20.6. The highest BCUT2D eigenvalue weighted by Gasteiger charge is 2.14. The van der Waals surface area contributed by atoms with Gasteiger partial charge in [0.05, 0.1) is 6.54 Å². The van der Waals surface area contributed by atoms with Crippen LogP contribution in [0.2, 0.25) is 0 Å². The zero-order valence-electron chi connectivity index (χ0n) is 15.6. The van der Waals surface area contributed by atoms with Crippen molar-refractivity contribution in [3.8, 4) is 11.4 Å². The van der Waals surface area contributed by atoms with Gasteiger partial charge in [-0.25, -0.2) is 4.98 Å². The number of anilines is 1. The zero-order valence-corrected chi connectivity index (χ0v) is 16.4. The van der Waals surface area contributed by atoms with E-state index in [4.69, 9.17) is 5.73 Å². The summed E-state index contributed by atoms with van der Waals surface area (Å²) in [7, 11) is 0. The van der Waals surface area contributed by atoms with Crippen molar-refractivity contribution >= 4 is 24.0 Å². The Morgan fingerprint density at radius 1 is 1.07 bits per heavy atom. The number of rotatable bonds is 4. The molecule has 0 aliphatic rings. The summed E-state index contributed by atoms with van der Waals surface area (Å²) in [5.74, 6) is 1.08. The first-order chi connectivity index (χ1) is 12.4. The minimum absolute atomic E-state index is 0. The average molecular weight is 386 g/mol. The van der Waals surface area contributed by atoms with Gasteiger partial charge in [0.25, 0.3) is 5.91 Å². The van der Waals surface area contributed by atoms with Crippen LogP contribution in [0, 0.1) is 0 Å². The molecule has 1 aromatic heterocycles. The van der Waals surface area contributed by atoms with Crippen LogP contribution in [0.3, 0.4) is 0 Å². The van der Waals surface area contributed by atoms with Gasteiger partial charge < -0.3 is 11.1 Å². The molecule has 4 N–H and O–H groups in total. The van der Waals surface area contributed by atoms with E-state index in [1.807, 2.05) is 48.5 Å². The van der Waals surface area contributed by atoms with Crippen molar-refractivity contribution < 1.29 is 4.79 Å². The molecule has 0 atom stereocenters. The molecule has 142 valence electrons. The number of aromatic nitrogens is 3. The third-order valence-electron chi connectivity index (χ3n) is 4.14. The van der Waals surface area contributed by atoms with Crippen LogP contribution in [0.5, 0.6) is 0 Å². The average Bonchev–Trinajstić information content (AvgIpc) is 3.11. The first-order valence-electron chi connectivity index (χ1n) is 8.50. The number of amides is 1. The van der Waals surface area contributed by atoms with Gasteiger partial charge in [-0.05, 0) is 47.4 Å². The number of hydrogen-bond acceptors (Lipinski definition) is 4. The Hall–Kier alpha value is -2.70. The lowest BCUT2D eigenvalue weighted by Gasteiger charge is -2.19. The van der Waals surface area contributed by atoms with Crippen molar-refractivity contribution in [3.05, 3.63) is 65.5 Å². The number of hydrogen-bond donors (Lipinski definition) is 3. The Morgan fingerprint density at radius 3 is 2.22 bits per heavy atom. The molecule has 1 heterocycles. The maximum absolute atomic E-state index is 12.4. The summed E-state index contributed by atoms with van der Waals surface area (Å²) in [5, 5.41) is 9.81. The topological polar surface area (TPSA) is 96.7 Å². The van der Waals surface area contributed by atoms with Gasteiger partial charge in [0.15, 0.2) is 5.82 Å². The Kier molecular flexibility index (Phi) is 6.36. The van der Waals surface area contributed by atoms with E-state index < -0.39 is 0 Å². The monoisotopic (exact) mass is 385 g/mol. The van der Waals surface area contributed by atoms with Crippen LogP contribution in [-0.2, 0) is 12.0 Å². The minimum atomic E-state index is -0.137. The SMILES string of the molecule is CC(C)(C)c1ccc(C(=O)Nc2ccc(-c3n[nH]c(CN)n3)cc2)cc1.Cl. The van der Waals surface area contributed by atoms with Gasteiger partial charge in [-0.3, -0.25) is 9.89 Å². The Labute approximate surface area is 165 Å². The third kappa shape index (κ3) is 4.93. The molecule has 0 aliphatic heterocycles. The smallest absolute Gasteiger partial charge is 0.255 e. The van der Waals surface area contributed by atoms with Gasteiger partial charge in [0, 0.05) is 16.8 Å². The molecule has 27 heavy (non-hydrogen) atoms. The molecule has 6 nitrogen and oxygen atoms in total. The summed E-state index contributed by atoms with van der Waals surface area (Å²) < 4.78 is 0. The maximum Gasteiger partial charge on any atom is 0.255 e. The number of H-pyrrole nitrogens is 1. The van der Waals surface area contributed by atoms with E-state index in [1.54, 1.807) is 0 Å². The van der Waals surface area contributed by atoms with Crippen LogP contribution < -0.4 is 11.1 Å². The molecule has 0 fully saturated rings. The van der Waals surface area contributed by atoms with Crippen LogP contribution in [-0.4, -0.2) is 21.1 Å². The van der Waals surface area contributed by atoms with Crippen molar-refractivity contribution in [2.45, 2.75) is 32.7 Å². The summed E-state index contributed by atoms with van der Waals surface area (Å²) in [6.45, 7) is 6.76. The predicted octanol–water partition coefficient (Wildman–Crippen LogP) is 3.90. The van der Waals surface area contributed by atoms with E-state index in [9.17, 15) is 4.79 Å². The molecule has 0 saturated heterocycles. The molecule has 3 rings (SSSR count). The molecule has 0 aliphatic carbocycles. The van der Waals surface area contributed by atoms with Crippen LogP contribution in [0.1, 0.15) is 42.5 Å². The first-order valence-corrected chi connectivity index (χ1v) is 8.50. The molecular weight excluding hydrogens is 362 g/mol. The van der Waals surface area contributed by atoms with Crippen molar-refractivity contribution in [1.29, 1.82) is 0 Å². The van der Waals surface area contributed by atoms with Gasteiger partial charge in [-0.1, -0.05) is 32.9 Å². The fourth-order valence-corrected chi connectivity index (χ4v) is 2.54. The number of nitrogens with one attached hydrogen (secondary N) is 2. The van der Waals surface area contributed by atoms with E-state index >= 15 is 0 Å². The highest BCUT2D eigenvalue weighted by atomic mass is 35.5. The third-order valence-corrected chi connectivity index (χ3v) is 4.14. The number of halogens is 1. The van der Waals surface area contributed by atoms with Crippen LogP contribution in [0.15, 0.2) is 48.5 Å². The van der Waals surface area contributed by atoms with Gasteiger partial charge >= 0.3 is 0 Å². The lowest BCUT2D eigenvalue weighted by Crippen LogP contribution is -2.14. The normalized spacial score (nSPS) is 11.0. The Morgan fingerprint density at radius 2 is 1.70 bits per heavy atom. The van der Waals surface area contributed by atoms with Gasteiger partial charge in [0.2, 0.25) is 0 Å². The number of aromatic amines is 1. The second kappa shape index (κ2) is 8.33. The van der Waals surface area contributed by atoms with E-state index in [-0.39, 0.29) is 23.7 Å². The second-order valence-corrected chi connectivity index (χ2v) is 7.17. The molecule has 0 spiro atoms. The number of carbonyl (C=O) groups is 1. The fraction of sp³-hybridized carbons (Fsp3) is 0.250. The van der Waals surface area contributed by atoms with Crippen molar-refractivity contribution in [1.82, 2.24) is 15.2 Å². The predicted molar refractivity (Wildman–Crippen MR) is 110 cm³/mol. The molecule has 0 radical (unpaired) electrons. The van der Waals surface area contributed by atoms with Crippen molar-refractivity contribution in [2.75, 3.05) is 5.32 Å². The van der Waals surface area contributed by atoms with Crippen LogP contribution >= 0.6 is 12.4 Å². The highest BCUT2D eigenvalue weighted by Crippen LogP contribution is 2.23. The fourth-order valence-electron chi connectivity index (χ4n) is 2.54. The van der Waals surface area contributed by atoms with Gasteiger partial charge in [0.1, 0.15) is 5.82 Å². The van der Waals surface area contributed by atoms with E-state index in [2.05, 4.69) is 41.3 Å². The number of nitrogens with two attached hydrogens (primary N) is 1. The van der Waals surface area contributed by atoms with Gasteiger partial charge in [-0.2, -0.15) is 5.10 Å². The molecule has 7 heteroatoms. The summed E-state index contributed by atoms with van der Waals surface area (Å²) in [6, 6.07) is 15.1. The van der Waals surface area contributed by atoms with Gasteiger partial charge in [-0.15, -0.1) is 12.4 Å².